The van der Waals surface area contributed by atoms with E-state index in [1.807, 2.05) is 0 Å². The van der Waals surface area contributed by atoms with Crippen LogP contribution in [0.4, 0.5) is 0 Å². The molecule has 0 unspecified atom stereocenters. The van der Waals surface area contributed by atoms with E-state index in [9.17, 15) is 0 Å². The van der Waals surface area contributed by atoms with Gasteiger partial charge < -0.3 is 14.4 Å². The fourth-order valence-electron chi connectivity index (χ4n) is 3.68. The Morgan fingerprint density at radius 2 is 1.92 bits per heavy atom. The number of nitrogens with zero attached hydrogens (tertiary/aromatic N) is 5. The van der Waals surface area contributed by atoms with E-state index in [1.54, 1.807) is 11.8 Å². The summed E-state index contributed by atoms with van der Waals surface area (Å²) in [4.78, 5) is 4.57. The molecule has 4 rings (SSSR count). The molecule has 1 aliphatic carbocycles. The van der Waals surface area contributed by atoms with E-state index >= 15 is 0 Å². The van der Waals surface area contributed by atoms with Gasteiger partial charge >= 0.3 is 0 Å². The van der Waals surface area contributed by atoms with Crippen LogP contribution in [-0.4, -0.2) is 38.0 Å². The number of rotatable bonds is 5. The molecule has 7 nitrogen and oxygen atoms in total. The molecule has 0 atom stereocenters. The Morgan fingerprint density at radius 1 is 1.12 bits per heavy atom. The van der Waals surface area contributed by atoms with Crippen molar-refractivity contribution in [3.8, 4) is 0 Å². The molecular weight excluding hydrogens is 324 g/mol. The van der Waals surface area contributed by atoms with E-state index in [4.69, 9.17) is 4.52 Å². The molecule has 3 heterocycles. The van der Waals surface area contributed by atoms with Crippen LogP contribution in [0.2, 0.25) is 0 Å². The standard InChI is InChI=1S/C16H24N6OS/c1-22-14(11-6-8-17-9-7-11)19-20-16(22)24-10-13-18-15(23-21-13)12-4-2-3-5-12/h11-12,17H,2-10H2,1H3. The molecule has 0 amide bonds. The quantitative estimate of drug-likeness (QED) is 0.832. The van der Waals surface area contributed by atoms with Gasteiger partial charge in [-0.2, -0.15) is 4.98 Å². The lowest BCUT2D eigenvalue weighted by Crippen LogP contribution is -2.27. The van der Waals surface area contributed by atoms with Crippen LogP contribution in [0.5, 0.6) is 0 Å². The zero-order valence-corrected chi connectivity index (χ0v) is 14.9. The minimum atomic E-state index is 0.470. The summed E-state index contributed by atoms with van der Waals surface area (Å²) >= 11 is 1.63. The highest BCUT2D eigenvalue weighted by molar-refractivity contribution is 7.98. The Hall–Kier alpha value is -1.41. The van der Waals surface area contributed by atoms with Gasteiger partial charge in [-0.3, -0.25) is 0 Å². The molecule has 130 valence electrons. The summed E-state index contributed by atoms with van der Waals surface area (Å²) in [5.41, 5.74) is 0. The Kier molecular flexibility index (Phi) is 4.84. The van der Waals surface area contributed by atoms with Gasteiger partial charge in [0, 0.05) is 18.9 Å². The summed E-state index contributed by atoms with van der Waals surface area (Å²) in [6.45, 7) is 2.12. The molecule has 24 heavy (non-hydrogen) atoms. The van der Waals surface area contributed by atoms with Crippen LogP contribution in [0.25, 0.3) is 0 Å². The normalized spacial score (nSPS) is 20.0. The molecule has 2 aliphatic rings. The molecule has 1 saturated carbocycles. The van der Waals surface area contributed by atoms with E-state index in [-0.39, 0.29) is 0 Å². The zero-order chi connectivity index (χ0) is 16.4. The van der Waals surface area contributed by atoms with E-state index in [2.05, 4.69) is 37.3 Å². The lowest BCUT2D eigenvalue weighted by Gasteiger charge is -2.21. The van der Waals surface area contributed by atoms with E-state index < -0.39 is 0 Å². The number of aromatic nitrogens is 5. The number of hydrogen-bond acceptors (Lipinski definition) is 7. The summed E-state index contributed by atoms with van der Waals surface area (Å²) in [5, 5.41) is 17.2. The Morgan fingerprint density at radius 3 is 2.71 bits per heavy atom. The first-order chi connectivity index (χ1) is 11.8. The molecule has 0 spiro atoms. The molecule has 0 bridgehead atoms. The SMILES string of the molecule is Cn1c(SCc2noc(C3CCCC3)n2)nnc1C1CCNCC1. The van der Waals surface area contributed by atoms with Crippen molar-refractivity contribution in [2.45, 2.75) is 61.3 Å². The van der Waals surface area contributed by atoms with Gasteiger partial charge in [0.15, 0.2) is 11.0 Å². The minimum absolute atomic E-state index is 0.470. The van der Waals surface area contributed by atoms with Gasteiger partial charge in [-0.1, -0.05) is 29.8 Å². The Labute approximate surface area is 146 Å². The predicted octanol–water partition coefficient (Wildman–Crippen LogP) is 2.62. The van der Waals surface area contributed by atoms with Gasteiger partial charge in [0.05, 0.1) is 5.75 Å². The molecule has 1 N–H and O–H groups in total. The van der Waals surface area contributed by atoms with Crippen LogP contribution in [0.15, 0.2) is 9.68 Å². The smallest absolute Gasteiger partial charge is 0.229 e. The topological polar surface area (TPSA) is 81.7 Å². The number of thioether (sulfide) groups is 1. The molecule has 8 heteroatoms. The molecule has 0 radical (unpaired) electrons. The lowest BCUT2D eigenvalue weighted by atomic mass is 9.97. The number of piperidine rings is 1. The van der Waals surface area contributed by atoms with Gasteiger partial charge in [-0.15, -0.1) is 10.2 Å². The third kappa shape index (κ3) is 3.35. The first kappa shape index (κ1) is 16.1. The van der Waals surface area contributed by atoms with Crippen LogP contribution in [0.3, 0.4) is 0 Å². The van der Waals surface area contributed by atoms with Gasteiger partial charge in [-0.25, -0.2) is 0 Å². The average Bonchev–Trinajstić information content (AvgIpc) is 3.35. The highest BCUT2D eigenvalue weighted by Crippen LogP contribution is 2.33. The summed E-state index contributed by atoms with van der Waals surface area (Å²) in [6, 6.07) is 0. The first-order valence-corrected chi connectivity index (χ1v) is 9.85. The second-order valence-corrected chi connectivity index (χ2v) is 7.69. The van der Waals surface area contributed by atoms with Gasteiger partial charge in [-0.05, 0) is 38.8 Å². The van der Waals surface area contributed by atoms with E-state index in [1.165, 1.54) is 25.7 Å². The number of hydrogen-bond donors (Lipinski definition) is 1. The molecule has 1 saturated heterocycles. The summed E-state index contributed by atoms with van der Waals surface area (Å²) in [7, 11) is 2.06. The third-order valence-corrected chi connectivity index (χ3v) is 6.11. The van der Waals surface area contributed by atoms with Gasteiger partial charge in [0.2, 0.25) is 5.89 Å². The maximum atomic E-state index is 5.44. The van der Waals surface area contributed by atoms with Crippen LogP contribution < -0.4 is 5.32 Å². The minimum Gasteiger partial charge on any atom is -0.339 e. The van der Waals surface area contributed by atoms with Gasteiger partial charge in [0.1, 0.15) is 5.82 Å². The average molecular weight is 348 g/mol. The Balaban J connectivity index is 1.38. The van der Waals surface area contributed by atoms with E-state index in [0.29, 0.717) is 17.6 Å². The maximum Gasteiger partial charge on any atom is 0.229 e. The van der Waals surface area contributed by atoms with Crippen molar-refractivity contribution in [1.82, 2.24) is 30.2 Å². The highest BCUT2D eigenvalue weighted by atomic mass is 32.2. The molecule has 2 aromatic rings. The van der Waals surface area contributed by atoms with Crippen molar-refractivity contribution >= 4 is 11.8 Å². The van der Waals surface area contributed by atoms with Crippen molar-refractivity contribution < 1.29 is 4.52 Å². The summed E-state index contributed by atoms with van der Waals surface area (Å²) in [5.74, 6) is 4.33. The first-order valence-electron chi connectivity index (χ1n) is 8.86. The fraction of sp³-hybridized carbons (Fsp3) is 0.750. The van der Waals surface area contributed by atoms with E-state index in [0.717, 1.165) is 48.6 Å². The van der Waals surface area contributed by atoms with Crippen LogP contribution >= 0.6 is 11.8 Å². The largest absolute Gasteiger partial charge is 0.339 e. The van der Waals surface area contributed by atoms with Crippen LogP contribution in [0.1, 0.15) is 67.9 Å². The zero-order valence-electron chi connectivity index (χ0n) is 14.1. The third-order valence-electron chi connectivity index (χ3n) is 5.09. The highest BCUT2D eigenvalue weighted by Gasteiger charge is 2.24. The monoisotopic (exact) mass is 348 g/mol. The fourth-order valence-corrected chi connectivity index (χ4v) is 4.44. The van der Waals surface area contributed by atoms with Crippen molar-refractivity contribution in [2.24, 2.45) is 7.05 Å². The van der Waals surface area contributed by atoms with Crippen molar-refractivity contribution in [1.29, 1.82) is 0 Å². The number of nitrogens with one attached hydrogen (secondary N) is 1. The van der Waals surface area contributed by atoms with Crippen molar-refractivity contribution in [3.63, 3.8) is 0 Å². The van der Waals surface area contributed by atoms with Crippen LogP contribution in [-0.2, 0) is 12.8 Å². The van der Waals surface area contributed by atoms with Crippen molar-refractivity contribution in [3.05, 3.63) is 17.5 Å². The molecule has 2 aromatic heterocycles. The van der Waals surface area contributed by atoms with Crippen molar-refractivity contribution in [2.75, 3.05) is 13.1 Å². The summed E-state index contributed by atoms with van der Waals surface area (Å²) in [6.07, 6.45) is 7.17. The summed E-state index contributed by atoms with van der Waals surface area (Å²) < 4.78 is 7.57. The molecule has 2 fully saturated rings. The van der Waals surface area contributed by atoms with Crippen LogP contribution in [0, 0.1) is 0 Å². The molecular formula is C16H24N6OS. The molecule has 0 aromatic carbocycles. The predicted molar refractivity (Wildman–Crippen MR) is 90.9 cm³/mol. The Bertz CT molecular complexity index is 672. The molecule has 1 aliphatic heterocycles. The second kappa shape index (κ2) is 7.23. The second-order valence-electron chi connectivity index (χ2n) is 6.74. The maximum absolute atomic E-state index is 5.44. The lowest BCUT2D eigenvalue weighted by molar-refractivity contribution is 0.351. The van der Waals surface area contributed by atoms with Gasteiger partial charge in [0.25, 0.3) is 0 Å².